The fraction of sp³-hybridized carbons (Fsp3) is 0.222. The number of aldehydes is 1. The Balaban J connectivity index is 2.49. The third-order valence-electron chi connectivity index (χ3n) is 4.08. The van der Waals surface area contributed by atoms with Crippen LogP contribution in [0.15, 0.2) is 48.5 Å². The summed E-state index contributed by atoms with van der Waals surface area (Å²) in [5.41, 5.74) is 0.0622. The Bertz CT molecular complexity index is 718. The van der Waals surface area contributed by atoms with Gasteiger partial charge in [0.25, 0.3) is 5.91 Å². The Morgan fingerprint density at radius 2 is 1.78 bits per heavy atom. The summed E-state index contributed by atoms with van der Waals surface area (Å²) in [7, 11) is 1.62. The molecular formula is C18H17Cl2NO2. The van der Waals surface area contributed by atoms with Crippen molar-refractivity contribution in [2.24, 2.45) is 0 Å². The second kappa shape index (κ2) is 7.16. The Morgan fingerprint density at radius 3 is 2.30 bits per heavy atom. The minimum Gasteiger partial charge on any atom is -0.325 e. The van der Waals surface area contributed by atoms with Crippen LogP contribution in [0.3, 0.4) is 0 Å². The zero-order chi connectivity index (χ0) is 17.0. The van der Waals surface area contributed by atoms with Gasteiger partial charge >= 0.3 is 0 Å². The van der Waals surface area contributed by atoms with E-state index in [-0.39, 0.29) is 5.91 Å². The molecule has 0 aliphatic carbocycles. The van der Waals surface area contributed by atoms with Crippen LogP contribution in [0.1, 0.15) is 29.3 Å². The van der Waals surface area contributed by atoms with Crippen LogP contribution in [0.2, 0.25) is 10.0 Å². The van der Waals surface area contributed by atoms with E-state index in [1.54, 1.807) is 49.5 Å². The lowest BCUT2D eigenvalue weighted by molar-refractivity contribution is -0.117. The number of amides is 1. The molecule has 0 N–H and O–H groups in total. The second-order valence-electron chi connectivity index (χ2n) is 5.25. The lowest BCUT2D eigenvalue weighted by atomic mass is 9.86. The topological polar surface area (TPSA) is 37.4 Å². The van der Waals surface area contributed by atoms with E-state index >= 15 is 0 Å². The van der Waals surface area contributed by atoms with Crippen LogP contribution in [-0.2, 0) is 10.3 Å². The lowest BCUT2D eigenvalue weighted by Crippen LogP contribution is -2.48. The first-order valence-corrected chi connectivity index (χ1v) is 7.97. The van der Waals surface area contributed by atoms with Crippen LogP contribution in [-0.4, -0.2) is 24.1 Å². The van der Waals surface area contributed by atoms with Gasteiger partial charge < -0.3 is 9.69 Å². The molecule has 23 heavy (non-hydrogen) atoms. The van der Waals surface area contributed by atoms with Crippen LogP contribution in [0.5, 0.6) is 0 Å². The van der Waals surface area contributed by atoms with Gasteiger partial charge in [-0.3, -0.25) is 4.79 Å². The summed E-state index contributed by atoms with van der Waals surface area (Å²) < 4.78 is 0. The quantitative estimate of drug-likeness (QED) is 0.741. The number of rotatable bonds is 5. The zero-order valence-corrected chi connectivity index (χ0v) is 14.4. The molecule has 0 aliphatic heterocycles. The molecule has 0 spiro atoms. The monoisotopic (exact) mass is 349 g/mol. The first kappa shape index (κ1) is 17.5. The number of hydrogen-bond acceptors (Lipinski definition) is 2. The predicted molar refractivity (Wildman–Crippen MR) is 93.0 cm³/mol. The highest BCUT2D eigenvalue weighted by atomic mass is 35.5. The molecule has 0 unspecified atom stereocenters. The van der Waals surface area contributed by atoms with Gasteiger partial charge in [-0.2, -0.15) is 0 Å². The summed E-state index contributed by atoms with van der Waals surface area (Å²) >= 11 is 12.0. The van der Waals surface area contributed by atoms with Gasteiger partial charge in [-0.1, -0.05) is 54.4 Å². The van der Waals surface area contributed by atoms with Crippen molar-refractivity contribution in [3.05, 3.63) is 69.7 Å². The maximum Gasteiger partial charge on any atom is 0.254 e. The number of carbonyl (C=O) groups is 2. The highest BCUT2D eigenvalue weighted by molar-refractivity contribution is 6.42. The van der Waals surface area contributed by atoms with E-state index in [2.05, 4.69) is 0 Å². The smallest absolute Gasteiger partial charge is 0.254 e. The molecule has 5 heteroatoms. The first-order chi connectivity index (χ1) is 11.0. The van der Waals surface area contributed by atoms with Gasteiger partial charge in [-0.15, -0.1) is 0 Å². The van der Waals surface area contributed by atoms with Gasteiger partial charge in [0, 0.05) is 12.6 Å². The van der Waals surface area contributed by atoms with Gasteiger partial charge in [0.2, 0.25) is 0 Å². The third kappa shape index (κ3) is 3.26. The molecule has 0 aromatic heterocycles. The largest absolute Gasteiger partial charge is 0.325 e. The van der Waals surface area contributed by atoms with Crippen LogP contribution in [0.25, 0.3) is 0 Å². The van der Waals surface area contributed by atoms with Crippen LogP contribution < -0.4 is 0 Å². The van der Waals surface area contributed by atoms with E-state index in [9.17, 15) is 9.59 Å². The number of carbonyl (C=O) groups excluding carboxylic acids is 2. The van der Waals surface area contributed by atoms with Crippen LogP contribution >= 0.6 is 23.2 Å². The van der Waals surface area contributed by atoms with Gasteiger partial charge in [-0.25, -0.2) is 0 Å². The SMILES string of the molecule is CC[C@@](C=O)(c1ccc(Cl)c(Cl)c1)N(C)C(=O)c1ccccc1. The molecule has 0 saturated carbocycles. The van der Waals surface area contributed by atoms with E-state index < -0.39 is 5.54 Å². The standard InChI is InChI=1S/C18H17Cl2NO2/c1-3-18(12-22,14-9-10-15(19)16(20)11-14)21(2)17(23)13-7-5-4-6-8-13/h4-12H,3H2,1-2H3/t18-/m1/s1. The lowest BCUT2D eigenvalue weighted by Gasteiger charge is -2.37. The highest BCUT2D eigenvalue weighted by Crippen LogP contribution is 2.34. The second-order valence-corrected chi connectivity index (χ2v) is 6.07. The van der Waals surface area contributed by atoms with Crippen LogP contribution in [0.4, 0.5) is 0 Å². The average molecular weight is 350 g/mol. The Labute approximate surface area is 145 Å². The van der Waals surface area contributed by atoms with Crippen molar-refractivity contribution in [1.82, 2.24) is 4.90 Å². The molecule has 2 rings (SSSR count). The molecule has 0 heterocycles. The van der Waals surface area contributed by atoms with Crippen molar-refractivity contribution in [2.75, 3.05) is 7.05 Å². The van der Waals surface area contributed by atoms with E-state index in [0.717, 1.165) is 6.29 Å². The van der Waals surface area contributed by atoms with Gasteiger partial charge in [-0.05, 0) is 36.2 Å². The number of nitrogens with zero attached hydrogens (tertiary/aromatic N) is 1. The fourth-order valence-electron chi connectivity index (χ4n) is 2.59. The number of hydrogen-bond donors (Lipinski definition) is 0. The summed E-state index contributed by atoms with van der Waals surface area (Å²) in [5.74, 6) is -0.231. The zero-order valence-electron chi connectivity index (χ0n) is 12.9. The van der Waals surface area contributed by atoms with E-state index in [4.69, 9.17) is 23.2 Å². The molecule has 0 bridgehead atoms. The Kier molecular flexibility index (Phi) is 5.45. The molecule has 1 amide bonds. The van der Waals surface area contributed by atoms with Gasteiger partial charge in [0.05, 0.1) is 10.0 Å². The summed E-state index contributed by atoms with van der Waals surface area (Å²) in [5, 5.41) is 0.757. The summed E-state index contributed by atoms with van der Waals surface area (Å²) in [6.45, 7) is 1.85. The molecule has 120 valence electrons. The third-order valence-corrected chi connectivity index (χ3v) is 4.82. The van der Waals surface area contributed by atoms with Gasteiger partial charge in [0.15, 0.2) is 0 Å². The van der Waals surface area contributed by atoms with Crippen LogP contribution in [0, 0.1) is 0 Å². The van der Waals surface area contributed by atoms with Gasteiger partial charge in [0.1, 0.15) is 11.8 Å². The number of likely N-dealkylation sites (N-methyl/N-ethyl adjacent to an activating group) is 1. The number of halogens is 2. The predicted octanol–water partition coefficient (Wildman–Crippen LogP) is 4.57. The molecule has 1 atom stereocenters. The van der Waals surface area contributed by atoms with E-state index in [1.807, 2.05) is 13.0 Å². The normalized spacial score (nSPS) is 13.2. The fourth-order valence-corrected chi connectivity index (χ4v) is 2.88. The van der Waals surface area contributed by atoms with Crippen molar-refractivity contribution in [2.45, 2.75) is 18.9 Å². The average Bonchev–Trinajstić information content (AvgIpc) is 2.59. The Hall–Kier alpha value is -1.84. The molecule has 2 aromatic rings. The van der Waals surface area contributed by atoms with Crippen molar-refractivity contribution < 1.29 is 9.59 Å². The van der Waals surface area contributed by atoms with Crippen molar-refractivity contribution in [3.63, 3.8) is 0 Å². The minimum atomic E-state index is -1.10. The minimum absolute atomic E-state index is 0.231. The van der Waals surface area contributed by atoms with E-state index in [1.165, 1.54) is 4.90 Å². The van der Waals surface area contributed by atoms with Crippen molar-refractivity contribution >= 4 is 35.4 Å². The molecule has 0 radical (unpaired) electrons. The molecule has 3 nitrogen and oxygen atoms in total. The molecule has 2 aromatic carbocycles. The summed E-state index contributed by atoms with van der Waals surface area (Å²) in [6, 6.07) is 13.8. The molecular weight excluding hydrogens is 333 g/mol. The number of benzene rings is 2. The summed E-state index contributed by atoms with van der Waals surface area (Å²) in [4.78, 5) is 26.2. The maximum atomic E-state index is 12.7. The highest BCUT2D eigenvalue weighted by Gasteiger charge is 2.38. The van der Waals surface area contributed by atoms with Crippen molar-refractivity contribution in [3.8, 4) is 0 Å². The first-order valence-electron chi connectivity index (χ1n) is 7.21. The van der Waals surface area contributed by atoms with Crippen molar-refractivity contribution in [1.29, 1.82) is 0 Å². The molecule has 0 fully saturated rings. The summed E-state index contributed by atoms with van der Waals surface area (Å²) in [6.07, 6.45) is 1.21. The Morgan fingerprint density at radius 1 is 1.13 bits per heavy atom. The molecule has 0 aliphatic rings. The molecule has 0 saturated heterocycles. The van der Waals surface area contributed by atoms with E-state index in [0.29, 0.717) is 27.6 Å². The maximum absolute atomic E-state index is 12.7.